The lowest BCUT2D eigenvalue weighted by Gasteiger charge is -2.20. The van der Waals surface area contributed by atoms with Crippen LogP contribution in [0.25, 0.3) is 0 Å². The first-order valence-corrected chi connectivity index (χ1v) is 26.7. The molecule has 4 N–H and O–H groups in total. The number of carbonyl (C=O) groups is 3. The Balaban J connectivity index is 4.26. The minimum atomic E-state index is -4.73. The Morgan fingerprint density at radius 3 is 1.25 bits per heavy atom. The molecule has 0 aromatic rings. The van der Waals surface area contributed by atoms with Gasteiger partial charge in [0.25, 0.3) is 0 Å². The number of carboxylic acid groups (broad SMARTS) is 1. The second kappa shape index (κ2) is 46.0. The van der Waals surface area contributed by atoms with Crippen LogP contribution in [-0.2, 0) is 37.5 Å². The summed E-state index contributed by atoms with van der Waals surface area (Å²) in [4.78, 5) is 46.1. The van der Waals surface area contributed by atoms with Gasteiger partial charge in [-0.2, -0.15) is 0 Å². The smallest absolute Gasteiger partial charge is 0.472 e. The number of rotatable bonds is 47. The summed E-state index contributed by atoms with van der Waals surface area (Å²) >= 11 is 0. The number of unbranched alkanes of at least 4 members (excludes halogenated alkanes) is 25. The number of carbonyl (C=O) groups excluding carboxylic acids is 2. The minimum absolute atomic E-state index is 0.155. The quantitative estimate of drug-likeness (QED) is 0.0230. The highest BCUT2D eigenvalue weighted by molar-refractivity contribution is 7.47. The average Bonchev–Trinajstić information content (AvgIpc) is 3.26. The second-order valence-electron chi connectivity index (χ2n) is 16.9. The lowest BCUT2D eigenvalue weighted by molar-refractivity contribution is -0.161. The van der Waals surface area contributed by atoms with Crippen LogP contribution in [0.5, 0.6) is 0 Å². The van der Waals surface area contributed by atoms with Gasteiger partial charge in [0.2, 0.25) is 0 Å². The van der Waals surface area contributed by atoms with E-state index in [0.29, 0.717) is 12.8 Å². The zero-order valence-corrected chi connectivity index (χ0v) is 40.8. The zero-order valence-electron chi connectivity index (χ0n) is 39.9. The maximum absolute atomic E-state index is 12.7. The van der Waals surface area contributed by atoms with Crippen molar-refractivity contribution in [3.63, 3.8) is 0 Å². The third-order valence-corrected chi connectivity index (χ3v) is 11.8. The summed E-state index contributed by atoms with van der Waals surface area (Å²) in [6.45, 7) is 2.78. The zero-order chi connectivity index (χ0) is 46.3. The predicted octanol–water partition coefficient (Wildman–Crippen LogP) is 14.1. The Morgan fingerprint density at radius 2 is 0.841 bits per heavy atom. The second-order valence-corrected chi connectivity index (χ2v) is 18.4. The molecule has 0 aliphatic rings. The van der Waals surface area contributed by atoms with Gasteiger partial charge >= 0.3 is 25.7 Å². The molecule has 11 nitrogen and oxygen atoms in total. The first-order chi connectivity index (χ1) is 30.6. The number of carboxylic acids is 1. The van der Waals surface area contributed by atoms with Gasteiger partial charge < -0.3 is 25.2 Å². The number of nitrogens with two attached hydrogens (primary N) is 1. The molecule has 63 heavy (non-hydrogen) atoms. The normalized spacial score (nSPS) is 14.0. The summed E-state index contributed by atoms with van der Waals surface area (Å²) in [5.41, 5.74) is 5.35. The number of hydrogen-bond donors (Lipinski definition) is 3. The largest absolute Gasteiger partial charge is 0.480 e. The number of ether oxygens (including phenoxy) is 2. The Bertz CT molecular complexity index is 1250. The topological polar surface area (TPSA) is 172 Å². The summed E-state index contributed by atoms with van der Waals surface area (Å²) in [7, 11) is -4.73. The highest BCUT2D eigenvalue weighted by Gasteiger charge is 2.28. The Kier molecular flexibility index (Phi) is 44.1. The summed E-state index contributed by atoms with van der Waals surface area (Å²) in [6.07, 6.45) is 53.1. The van der Waals surface area contributed by atoms with E-state index in [0.717, 1.165) is 70.6 Å². The highest BCUT2D eigenvalue weighted by atomic mass is 31.2. The lowest BCUT2D eigenvalue weighted by atomic mass is 10.0. The van der Waals surface area contributed by atoms with Crippen molar-refractivity contribution in [1.82, 2.24) is 0 Å². The van der Waals surface area contributed by atoms with E-state index < -0.39 is 51.1 Å². The van der Waals surface area contributed by atoms with Gasteiger partial charge in [-0.1, -0.05) is 184 Å². The molecule has 0 aliphatic heterocycles. The first-order valence-electron chi connectivity index (χ1n) is 25.2. The molecule has 0 radical (unpaired) electrons. The van der Waals surface area contributed by atoms with Crippen molar-refractivity contribution in [3.05, 3.63) is 48.6 Å². The molecular weight excluding hydrogens is 818 g/mol. The van der Waals surface area contributed by atoms with Crippen molar-refractivity contribution in [1.29, 1.82) is 0 Å². The average molecular weight is 910 g/mol. The minimum Gasteiger partial charge on any atom is -0.480 e. The molecule has 3 unspecified atom stereocenters. The highest BCUT2D eigenvalue weighted by Crippen LogP contribution is 2.43. The van der Waals surface area contributed by atoms with Gasteiger partial charge in [0.15, 0.2) is 6.10 Å². The maximum Gasteiger partial charge on any atom is 0.472 e. The van der Waals surface area contributed by atoms with Crippen LogP contribution in [0, 0.1) is 0 Å². The molecule has 0 rings (SSSR count). The Hall–Kier alpha value is -2.56. The van der Waals surface area contributed by atoms with Crippen molar-refractivity contribution in [3.8, 4) is 0 Å². The van der Waals surface area contributed by atoms with Gasteiger partial charge in [0.05, 0.1) is 13.2 Å². The van der Waals surface area contributed by atoms with Gasteiger partial charge in [0.1, 0.15) is 12.6 Å². The summed E-state index contributed by atoms with van der Waals surface area (Å²) in [5.74, 6) is -2.39. The van der Waals surface area contributed by atoms with Crippen LogP contribution in [0.4, 0.5) is 0 Å². The molecule has 0 aromatic heterocycles. The molecule has 0 heterocycles. The number of phosphoric acid groups is 1. The number of phosphoric ester groups is 1. The molecule has 0 aromatic carbocycles. The molecule has 366 valence electrons. The van der Waals surface area contributed by atoms with Gasteiger partial charge in [0, 0.05) is 12.8 Å². The van der Waals surface area contributed by atoms with E-state index in [1.807, 2.05) is 0 Å². The summed E-state index contributed by atoms with van der Waals surface area (Å²) in [6, 6.07) is -1.53. The predicted molar refractivity (Wildman–Crippen MR) is 258 cm³/mol. The number of allylic oxidation sites excluding steroid dienone is 8. The number of esters is 2. The van der Waals surface area contributed by atoms with Crippen LogP contribution >= 0.6 is 7.82 Å². The monoisotopic (exact) mass is 910 g/mol. The van der Waals surface area contributed by atoms with Gasteiger partial charge in [-0.25, -0.2) is 4.57 Å². The van der Waals surface area contributed by atoms with Crippen LogP contribution in [0.1, 0.15) is 226 Å². The van der Waals surface area contributed by atoms with Crippen LogP contribution in [-0.4, -0.2) is 59.9 Å². The van der Waals surface area contributed by atoms with E-state index in [-0.39, 0.29) is 19.4 Å². The molecule has 0 saturated heterocycles. The van der Waals surface area contributed by atoms with Gasteiger partial charge in [-0.05, 0) is 77.0 Å². The van der Waals surface area contributed by atoms with E-state index >= 15 is 0 Å². The standard InChI is InChI=1S/C51H92NO10P/c1-3-5-7-9-11-13-15-17-19-21-22-23-24-25-26-27-29-31-33-35-37-39-41-43-50(54)62-47(45-60-63(57,58)61-46-48(52)51(55)56)44-59-49(53)42-40-38-36-34-32-30-28-20-18-16-14-12-10-8-6-4-2/h14-17,20-22,28,47-48H,3-13,18-19,23-27,29-46,52H2,1-2H3,(H,55,56)(H,57,58)/b16-14-,17-15-,22-21-,28-20-. The molecule has 12 heteroatoms. The fourth-order valence-electron chi connectivity index (χ4n) is 6.83. The van der Waals surface area contributed by atoms with Gasteiger partial charge in [-0.3, -0.25) is 23.4 Å². The van der Waals surface area contributed by atoms with Crippen LogP contribution in [0.2, 0.25) is 0 Å². The number of aliphatic carboxylic acids is 1. The van der Waals surface area contributed by atoms with E-state index in [1.54, 1.807) is 0 Å². The Morgan fingerprint density at radius 1 is 0.492 bits per heavy atom. The molecule has 0 fully saturated rings. The molecule has 3 atom stereocenters. The molecule has 0 amide bonds. The van der Waals surface area contributed by atoms with E-state index in [4.69, 9.17) is 24.8 Å². The SMILES string of the molecule is CCCCCC/C=C\C/C=C\CCCCCCCC(=O)OCC(COP(=O)(O)OCC(N)C(=O)O)OC(=O)CCCCCCCCCCCCC/C=C\C/C=C\CCCCCCC. The lowest BCUT2D eigenvalue weighted by Crippen LogP contribution is -2.34. The Labute approximate surface area is 384 Å². The summed E-state index contributed by atoms with van der Waals surface area (Å²) in [5, 5.41) is 8.92. The van der Waals surface area contributed by atoms with E-state index in [2.05, 4.69) is 67.0 Å². The van der Waals surface area contributed by atoms with Crippen LogP contribution < -0.4 is 5.73 Å². The van der Waals surface area contributed by atoms with E-state index in [1.165, 1.54) is 116 Å². The molecular formula is C51H92NO10P. The fourth-order valence-corrected chi connectivity index (χ4v) is 7.61. The van der Waals surface area contributed by atoms with Crippen molar-refractivity contribution in [2.75, 3.05) is 19.8 Å². The van der Waals surface area contributed by atoms with Gasteiger partial charge in [-0.15, -0.1) is 0 Å². The third kappa shape index (κ3) is 45.8. The fraction of sp³-hybridized carbons (Fsp3) is 0.784. The molecule has 0 saturated carbocycles. The first kappa shape index (κ1) is 60.4. The number of hydrogen-bond acceptors (Lipinski definition) is 9. The van der Waals surface area contributed by atoms with Crippen molar-refractivity contribution in [2.45, 2.75) is 238 Å². The van der Waals surface area contributed by atoms with Crippen LogP contribution in [0.3, 0.4) is 0 Å². The van der Waals surface area contributed by atoms with E-state index in [9.17, 15) is 23.8 Å². The van der Waals surface area contributed by atoms with Crippen molar-refractivity contribution >= 4 is 25.7 Å². The molecule has 0 bridgehead atoms. The molecule has 0 aliphatic carbocycles. The van der Waals surface area contributed by atoms with Crippen molar-refractivity contribution < 1.29 is 47.5 Å². The molecule has 0 spiro atoms. The van der Waals surface area contributed by atoms with Crippen molar-refractivity contribution in [2.24, 2.45) is 5.73 Å². The maximum atomic E-state index is 12.7. The summed E-state index contributed by atoms with van der Waals surface area (Å²) < 4.78 is 32.8. The third-order valence-electron chi connectivity index (χ3n) is 10.8. The van der Waals surface area contributed by atoms with Crippen LogP contribution in [0.15, 0.2) is 48.6 Å².